The third-order valence-corrected chi connectivity index (χ3v) is 3.68. The molecule has 4 nitrogen and oxygen atoms in total. The Balaban J connectivity index is 2.10. The molecule has 2 heterocycles. The summed E-state index contributed by atoms with van der Waals surface area (Å²) in [7, 11) is 0. The van der Waals surface area contributed by atoms with Crippen molar-refractivity contribution < 1.29 is 0 Å². The largest absolute Gasteiger partial charge is 0.257 e. The van der Waals surface area contributed by atoms with Crippen LogP contribution in [0.25, 0.3) is 10.9 Å². The van der Waals surface area contributed by atoms with Gasteiger partial charge in [0.25, 0.3) is 0 Å². The zero-order valence-corrected chi connectivity index (χ0v) is 11.8. The predicted molar refractivity (Wildman–Crippen MR) is 80.4 cm³/mol. The first-order chi connectivity index (χ1) is 9.28. The average molecular weight is 286 g/mol. The average Bonchev–Trinajstić information content (AvgIpc) is 2.97. The summed E-state index contributed by atoms with van der Waals surface area (Å²) >= 11 is 6.30. The zero-order chi connectivity index (χ0) is 13.2. The van der Waals surface area contributed by atoms with Crippen molar-refractivity contribution in [1.29, 1.82) is 0 Å². The van der Waals surface area contributed by atoms with Crippen molar-refractivity contribution in [2.24, 2.45) is 4.99 Å². The maximum Gasteiger partial charge on any atom is 0.191 e. The van der Waals surface area contributed by atoms with Gasteiger partial charge in [-0.15, -0.1) is 11.3 Å². The highest BCUT2D eigenvalue weighted by molar-refractivity contribution is 7.78. The molecule has 0 saturated carbocycles. The third kappa shape index (κ3) is 2.33. The fourth-order valence-corrected chi connectivity index (χ4v) is 2.68. The van der Waals surface area contributed by atoms with Crippen LogP contribution < -0.4 is 0 Å². The van der Waals surface area contributed by atoms with Gasteiger partial charge in [-0.2, -0.15) is 10.1 Å². The highest BCUT2D eigenvalue weighted by Crippen LogP contribution is 2.25. The van der Waals surface area contributed by atoms with E-state index >= 15 is 0 Å². The van der Waals surface area contributed by atoms with Gasteiger partial charge < -0.3 is 0 Å². The number of aryl methyl sites for hydroxylation is 1. The van der Waals surface area contributed by atoms with Crippen molar-refractivity contribution in [2.75, 3.05) is 0 Å². The van der Waals surface area contributed by atoms with Crippen molar-refractivity contribution in [3.05, 3.63) is 40.3 Å². The van der Waals surface area contributed by atoms with Crippen LogP contribution in [0.3, 0.4) is 0 Å². The number of nitrogens with zero attached hydrogens (tertiary/aromatic N) is 4. The van der Waals surface area contributed by atoms with Crippen LogP contribution >= 0.6 is 23.6 Å². The lowest BCUT2D eigenvalue weighted by Crippen LogP contribution is -2.01. The lowest BCUT2D eigenvalue weighted by molar-refractivity contribution is 0.700. The van der Waals surface area contributed by atoms with E-state index in [1.165, 1.54) is 0 Å². The molecule has 0 amide bonds. The summed E-state index contributed by atoms with van der Waals surface area (Å²) < 4.78 is 1.90. The summed E-state index contributed by atoms with van der Waals surface area (Å²) in [5, 5.41) is 10.9. The first kappa shape index (κ1) is 12.2. The summed E-state index contributed by atoms with van der Waals surface area (Å²) in [4.78, 5) is 8.48. The Morgan fingerprint density at radius 1 is 1.42 bits per heavy atom. The lowest BCUT2D eigenvalue weighted by Gasteiger charge is -1.99. The first-order valence-corrected chi connectivity index (χ1v) is 7.01. The Hall–Kier alpha value is -1.88. The molecular weight excluding hydrogens is 276 g/mol. The molecule has 0 spiro atoms. The van der Waals surface area contributed by atoms with E-state index in [9.17, 15) is 0 Å². The Morgan fingerprint density at radius 3 is 3.00 bits per heavy atom. The molecule has 0 aliphatic carbocycles. The molecular formula is C13H10N4S2. The number of hydrogen-bond donors (Lipinski definition) is 0. The molecule has 0 radical (unpaired) electrons. The SMILES string of the molecule is Cc1nc(Cn2nc(N=C=S)c3ccccc32)cs1. The van der Waals surface area contributed by atoms with Crippen molar-refractivity contribution >= 4 is 45.4 Å². The Morgan fingerprint density at radius 2 is 2.26 bits per heavy atom. The number of benzene rings is 1. The van der Waals surface area contributed by atoms with E-state index in [1.807, 2.05) is 41.3 Å². The van der Waals surface area contributed by atoms with Crippen LogP contribution in [0.4, 0.5) is 5.82 Å². The minimum atomic E-state index is 0.609. The molecule has 2 aromatic heterocycles. The van der Waals surface area contributed by atoms with E-state index in [1.54, 1.807) is 11.3 Å². The molecule has 1 aromatic carbocycles. The second kappa shape index (κ2) is 5.01. The molecule has 19 heavy (non-hydrogen) atoms. The number of thiazole rings is 1. The Bertz CT molecular complexity index is 781. The van der Waals surface area contributed by atoms with Crippen molar-refractivity contribution in [2.45, 2.75) is 13.5 Å². The van der Waals surface area contributed by atoms with Gasteiger partial charge in [0.15, 0.2) is 5.82 Å². The second-order valence-corrected chi connectivity index (χ2v) is 5.30. The van der Waals surface area contributed by atoms with Crippen LogP contribution in [0.2, 0.25) is 0 Å². The van der Waals surface area contributed by atoms with Gasteiger partial charge in [0.2, 0.25) is 0 Å². The van der Waals surface area contributed by atoms with Crippen LogP contribution in [0.1, 0.15) is 10.7 Å². The summed E-state index contributed by atoms with van der Waals surface area (Å²) in [5.74, 6) is 0.609. The van der Waals surface area contributed by atoms with Gasteiger partial charge in [0.05, 0.1) is 27.9 Å². The molecule has 0 atom stereocenters. The molecule has 94 valence electrons. The molecule has 3 rings (SSSR count). The molecule has 0 unspecified atom stereocenters. The highest BCUT2D eigenvalue weighted by atomic mass is 32.1. The van der Waals surface area contributed by atoms with Gasteiger partial charge in [-0.3, -0.25) is 4.68 Å². The number of hydrogen-bond acceptors (Lipinski definition) is 5. The number of fused-ring (bicyclic) bond motifs is 1. The van der Waals surface area contributed by atoms with Gasteiger partial charge in [0, 0.05) is 10.8 Å². The summed E-state index contributed by atoms with van der Waals surface area (Å²) in [5.41, 5.74) is 2.03. The molecule has 0 aliphatic rings. The third-order valence-electron chi connectivity index (χ3n) is 2.77. The van der Waals surface area contributed by atoms with E-state index in [0.717, 1.165) is 21.6 Å². The molecule has 0 N–H and O–H groups in total. The van der Waals surface area contributed by atoms with Gasteiger partial charge >= 0.3 is 0 Å². The Kier molecular flexibility index (Phi) is 3.21. The number of isothiocyanates is 1. The van der Waals surface area contributed by atoms with Crippen LogP contribution in [0.5, 0.6) is 0 Å². The van der Waals surface area contributed by atoms with E-state index in [4.69, 9.17) is 0 Å². The van der Waals surface area contributed by atoms with Gasteiger partial charge in [-0.25, -0.2) is 4.98 Å². The van der Waals surface area contributed by atoms with Crippen molar-refractivity contribution in [3.8, 4) is 0 Å². The predicted octanol–water partition coefficient (Wildman–Crippen LogP) is 3.58. The molecule has 0 bridgehead atoms. The van der Waals surface area contributed by atoms with Gasteiger partial charge in [-0.1, -0.05) is 12.1 Å². The quantitative estimate of drug-likeness (QED) is 0.546. The normalized spacial score (nSPS) is 10.6. The van der Waals surface area contributed by atoms with Gasteiger partial charge in [0.1, 0.15) is 0 Å². The van der Waals surface area contributed by atoms with Crippen LogP contribution in [-0.2, 0) is 6.54 Å². The van der Waals surface area contributed by atoms with Crippen LogP contribution in [0.15, 0.2) is 34.6 Å². The lowest BCUT2D eigenvalue weighted by atomic mass is 10.2. The number of para-hydroxylation sites is 1. The second-order valence-electron chi connectivity index (χ2n) is 4.06. The topological polar surface area (TPSA) is 43.1 Å². The smallest absolute Gasteiger partial charge is 0.191 e. The fraction of sp³-hybridized carbons (Fsp3) is 0.154. The van der Waals surface area contributed by atoms with Crippen molar-refractivity contribution in [1.82, 2.24) is 14.8 Å². The fourth-order valence-electron chi connectivity index (χ4n) is 1.99. The van der Waals surface area contributed by atoms with Crippen LogP contribution in [-0.4, -0.2) is 19.9 Å². The maximum atomic E-state index is 4.66. The standard InChI is InChI=1S/C13H10N4S2/c1-9-15-10(7-19-9)6-17-12-5-3-2-4-11(12)13(16-17)14-8-18/h2-5,7H,6H2,1H3. The van der Waals surface area contributed by atoms with E-state index < -0.39 is 0 Å². The molecule has 3 aromatic rings. The zero-order valence-electron chi connectivity index (χ0n) is 10.2. The molecule has 0 saturated heterocycles. The van der Waals surface area contributed by atoms with E-state index in [-0.39, 0.29) is 0 Å². The molecule has 0 aliphatic heterocycles. The number of aliphatic imine (C=N–C) groups is 1. The minimum absolute atomic E-state index is 0.609. The number of thiocarbonyl (C=S) groups is 1. The van der Waals surface area contributed by atoms with E-state index in [0.29, 0.717) is 12.4 Å². The summed E-state index contributed by atoms with van der Waals surface area (Å²) in [6, 6.07) is 7.95. The number of aromatic nitrogens is 3. The number of rotatable bonds is 3. The highest BCUT2D eigenvalue weighted by Gasteiger charge is 2.10. The van der Waals surface area contributed by atoms with Crippen LogP contribution in [0, 0.1) is 6.92 Å². The van der Waals surface area contributed by atoms with E-state index in [2.05, 4.69) is 32.5 Å². The maximum absolute atomic E-state index is 4.66. The van der Waals surface area contributed by atoms with Gasteiger partial charge in [-0.05, 0) is 31.3 Å². The monoisotopic (exact) mass is 286 g/mol. The summed E-state index contributed by atoms with van der Waals surface area (Å²) in [6.45, 7) is 2.63. The van der Waals surface area contributed by atoms with Crippen molar-refractivity contribution in [3.63, 3.8) is 0 Å². The summed E-state index contributed by atoms with van der Waals surface area (Å²) in [6.07, 6.45) is 0. The minimum Gasteiger partial charge on any atom is -0.257 e. The first-order valence-electron chi connectivity index (χ1n) is 5.72. The Labute approximate surface area is 119 Å². The molecule has 0 fully saturated rings. The molecule has 6 heteroatoms.